The van der Waals surface area contributed by atoms with Crippen molar-refractivity contribution in [2.24, 2.45) is 0 Å². The van der Waals surface area contributed by atoms with Gasteiger partial charge in [0.1, 0.15) is 17.7 Å². The number of hydrogen-bond donors (Lipinski definition) is 1. The van der Waals surface area contributed by atoms with Crippen LogP contribution < -0.4 is 10.2 Å². The molecule has 1 aliphatic rings. The third kappa shape index (κ3) is 3.37. The number of hydrogen-bond acceptors (Lipinski definition) is 4. The van der Waals surface area contributed by atoms with E-state index in [2.05, 4.69) is 39.2 Å². The lowest BCUT2D eigenvalue weighted by molar-refractivity contribution is 0.390. The molecule has 0 bridgehead atoms. The predicted octanol–water partition coefficient (Wildman–Crippen LogP) is 3.96. The van der Waals surface area contributed by atoms with Crippen LogP contribution in [0.15, 0.2) is 47.1 Å². The van der Waals surface area contributed by atoms with Crippen LogP contribution >= 0.6 is 12.2 Å². The van der Waals surface area contributed by atoms with Crippen LogP contribution in [0.1, 0.15) is 11.3 Å². The van der Waals surface area contributed by atoms with Crippen LogP contribution in [0.5, 0.6) is 0 Å². The lowest BCUT2D eigenvalue weighted by Gasteiger charge is -2.36. The second-order valence-electron chi connectivity index (χ2n) is 6.69. The molecular weight excluding hydrogens is 344 g/mol. The van der Waals surface area contributed by atoms with Gasteiger partial charge < -0.3 is 19.5 Å². The minimum absolute atomic E-state index is 0.735. The Kier molecular flexibility index (Phi) is 4.51. The first-order valence-electron chi connectivity index (χ1n) is 8.82. The van der Waals surface area contributed by atoms with Crippen LogP contribution in [0.25, 0.3) is 11.0 Å². The Morgan fingerprint density at radius 1 is 1.12 bits per heavy atom. The van der Waals surface area contributed by atoms with Crippen LogP contribution in [0, 0.1) is 13.8 Å². The van der Waals surface area contributed by atoms with Gasteiger partial charge in [-0.1, -0.05) is 12.1 Å². The Morgan fingerprint density at radius 3 is 2.65 bits per heavy atom. The maximum Gasteiger partial charge on any atom is 0.174 e. The second kappa shape index (κ2) is 6.96. The number of pyridine rings is 1. The molecule has 0 atom stereocenters. The number of anilines is 2. The maximum absolute atomic E-state index is 5.68. The van der Waals surface area contributed by atoms with E-state index in [9.17, 15) is 0 Å². The average molecular weight is 366 g/mol. The summed E-state index contributed by atoms with van der Waals surface area (Å²) in [7, 11) is 0. The molecule has 134 valence electrons. The summed E-state index contributed by atoms with van der Waals surface area (Å²) in [6.07, 6.45) is 1.86. The van der Waals surface area contributed by atoms with E-state index in [0.29, 0.717) is 0 Å². The van der Waals surface area contributed by atoms with Crippen molar-refractivity contribution in [3.8, 4) is 0 Å². The average Bonchev–Trinajstić information content (AvgIpc) is 3.05. The van der Waals surface area contributed by atoms with Crippen molar-refractivity contribution in [2.45, 2.75) is 13.8 Å². The number of furan rings is 1. The van der Waals surface area contributed by atoms with Gasteiger partial charge in [-0.2, -0.15) is 0 Å². The molecule has 2 aromatic heterocycles. The van der Waals surface area contributed by atoms with Gasteiger partial charge in [-0.15, -0.1) is 0 Å². The number of piperazine rings is 1. The summed E-state index contributed by atoms with van der Waals surface area (Å²) < 4.78 is 5.68. The summed E-state index contributed by atoms with van der Waals surface area (Å²) in [5.41, 5.74) is 4.27. The molecule has 0 saturated carbocycles. The quantitative estimate of drug-likeness (QED) is 0.693. The fourth-order valence-electron chi connectivity index (χ4n) is 3.45. The molecule has 4 rings (SSSR count). The van der Waals surface area contributed by atoms with E-state index in [1.807, 2.05) is 37.5 Å². The van der Waals surface area contributed by atoms with E-state index in [-0.39, 0.29) is 0 Å². The molecule has 0 radical (unpaired) electrons. The lowest BCUT2D eigenvalue weighted by atomic mass is 10.2. The highest BCUT2D eigenvalue weighted by atomic mass is 32.1. The normalized spacial score (nSPS) is 14.7. The number of nitrogens with one attached hydrogen (secondary N) is 1. The van der Waals surface area contributed by atoms with Crippen molar-refractivity contribution in [1.29, 1.82) is 0 Å². The fourth-order valence-corrected chi connectivity index (χ4v) is 3.74. The van der Waals surface area contributed by atoms with Gasteiger partial charge in [0, 0.05) is 37.3 Å². The van der Waals surface area contributed by atoms with Gasteiger partial charge >= 0.3 is 0 Å². The molecule has 0 amide bonds. The minimum Gasteiger partial charge on any atom is -0.462 e. The number of aryl methyl sites for hydroxylation is 2. The standard InChI is InChI=1S/C20H22N4OS/c1-14-11-15(2)21-19(12-14)22-20(26)24-9-7-23(8-10-24)17-13-25-18-6-4-3-5-16(17)18/h3-6,11-13H,7-10H2,1-2H3,(H,21,22,26). The Balaban J connectivity index is 1.41. The molecule has 0 spiro atoms. The third-order valence-corrected chi connectivity index (χ3v) is 5.06. The SMILES string of the molecule is Cc1cc(C)nc(NC(=S)N2CCN(c3coc4ccccc34)CC2)c1. The summed E-state index contributed by atoms with van der Waals surface area (Å²) in [5, 5.41) is 5.18. The molecule has 1 aliphatic heterocycles. The number of thiocarbonyl (C=S) groups is 1. The van der Waals surface area contributed by atoms with Gasteiger partial charge in [0.15, 0.2) is 5.11 Å². The highest BCUT2D eigenvalue weighted by Gasteiger charge is 2.21. The number of fused-ring (bicyclic) bond motifs is 1. The Labute approximate surface area is 158 Å². The molecule has 1 N–H and O–H groups in total. The van der Waals surface area contributed by atoms with E-state index < -0.39 is 0 Å². The van der Waals surface area contributed by atoms with Crippen molar-refractivity contribution in [1.82, 2.24) is 9.88 Å². The highest BCUT2D eigenvalue weighted by Crippen LogP contribution is 2.29. The van der Waals surface area contributed by atoms with Crippen LogP contribution in [0.2, 0.25) is 0 Å². The van der Waals surface area contributed by atoms with Crippen molar-refractivity contribution in [2.75, 3.05) is 36.4 Å². The van der Waals surface area contributed by atoms with Crippen LogP contribution in [0.4, 0.5) is 11.5 Å². The molecule has 26 heavy (non-hydrogen) atoms. The molecule has 5 nitrogen and oxygen atoms in total. The van der Waals surface area contributed by atoms with Gasteiger partial charge in [-0.3, -0.25) is 0 Å². The first kappa shape index (κ1) is 16.8. The summed E-state index contributed by atoms with van der Waals surface area (Å²) >= 11 is 5.60. The molecule has 3 heterocycles. The number of rotatable bonds is 2. The van der Waals surface area contributed by atoms with Gasteiger partial charge in [0.25, 0.3) is 0 Å². The molecule has 1 aromatic carbocycles. The largest absolute Gasteiger partial charge is 0.462 e. The first-order valence-corrected chi connectivity index (χ1v) is 9.23. The fraction of sp³-hybridized carbons (Fsp3) is 0.300. The molecule has 6 heteroatoms. The monoisotopic (exact) mass is 366 g/mol. The zero-order valence-corrected chi connectivity index (χ0v) is 15.8. The summed E-state index contributed by atoms with van der Waals surface area (Å²) in [6.45, 7) is 7.62. The van der Waals surface area contributed by atoms with Crippen LogP contribution in [0.3, 0.4) is 0 Å². The second-order valence-corrected chi connectivity index (χ2v) is 7.08. The predicted molar refractivity (Wildman–Crippen MR) is 110 cm³/mol. The minimum atomic E-state index is 0.735. The number of nitrogens with zero attached hydrogens (tertiary/aromatic N) is 3. The van der Waals surface area contributed by atoms with Gasteiger partial charge in [-0.25, -0.2) is 4.98 Å². The topological polar surface area (TPSA) is 44.5 Å². The Bertz CT molecular complexity index is 924. The third-order valence-electron chi connectivity index (χ3n) is 4.70. The molecular formula is C20H22N4OS. The maximum atomic E-state index is 5.68. The molecule has 0 unspecified atom stereocenters. The van der Waals surface area contributed by atoms with Gasteiger partial charge in [0.2, 0.25) is 0 Å². The smallest absolute Gasteiger partial charge is 0.174 e. The zero-order chi connectivity index (χ0) is 18.1. The van der Waals surface area contributed by atoms with Crippen molar-refractivity contribution < 1.29 is 4.42 Å². The van der Waals surface area contributed by atoms with Crippen molar-refractivity contribution >= 4 is 39.8 Å². The number of para-hydroxylation sites is 1. The lowest BCUT2D eigenvalue weighted by Crippen LogP contribution is -2.50. The van der Waals surface area contributed by atoms with Crippen molar-refractivity contribution in [3.63, 3.8) is 0 Å². The molecule has 0 aliphatic carbocycles. The van der Waals surface area contributed by atoms with E-state index in [4.69, 9.17) is 16.6 Å². The van der Waals surface area contributed by atoms with Gasteiger partial charge in [-0.05, 0) is 55.9 Å². The van der Waals surface area contributed by atoms with E-state index >= 15 is 0 Å². The summed E-state index contributed by atoms with van der Waals surface area (Å²) in [4.78, 5) is 9.07. The first-order chi connectivity index (χ1) is 12.6. The summed E-state index contributed by atoms with van der Waals surface area (Å²) in [6, 6.07) is 12.2. The van der Waals surface area contributed by atoms with Crippen molar-refractivity contribution in [3.05, 3.63) is 53.9 Å². The highest BCUT2D eigenvalue weighted by molar-refractivity contribution is 7.80. The molecule has 1 fully saturated rings. The number of benzene rings is 1. The Morgan fingerprint density at radius 2 is 1.88 bits per heavy atom. The van der Waals surface area contributed by atoms with Crippen LogP contribution in [-0.4, -0.2) is 41.2 Å². The van der Waals surface area contributed by atoms with Crippen LogP contribution in [-0.2, 0) is 0 Å². The zero-order valence-electron chi connectivity index (χ0n) is 15.0. The van der Waals surface area contributed by atoms with E-state index in [1.165, 1.54) is 10.9 Å². The van der Waals surface area contributed by atoms with E-state index in [0.717, 1.165) is 54.1 Å². The molecule has 1 saturated heterocycles. The Hall–Kier alpha value is -2.60. The molecule has 3 aromatic rings. The number of aromatic nitrogens is 1. The van der Waals surface area contributed by atoms with E-state index in [1.54, 1.807) is 0 Å². The van der Waals surface area contributed by atoms with Gasteiger partial charge in [0.05, 0.1) is 5.69 Å². The summed E-state index contributed by atoms with van der Waals surface area (Å²) in [5.74, 6) is 0.816.